The number of hydrogen-bond acceptors (Lipinski definition) is 3. The summed E-state index contributed by atoms with van der Waals surface area (Å²) in [6.07, 6.45) is 6.23. The van der Waals surface area contributed by atoms with Crippen molar-refractivity contribution in [2.45, 2.75) is 38.0 Å². The molecule has 1 aliphatic rings. The molecule has 1 fully saturated rings. The van der Waals surface area contributed by atoms with Gasteiger partial charge in [0.25, 0.3) is 0 Å². The van der Waals surface area contributed by atoms with Gasteiger partial charge in [-0.05, 0) is 80.6 Å². The Kier molecular flexibility index (Phi) is 10.4. The van der Waals surface area contributed by atoms with Crippen LogP contribution in [0, 0.1) is 0 Å². The number of H-pyrrole nitrogens is 1. The number of hydrogen-bond donors (Lipinski definition) is 3. The van der Waals surface area contributed by atoms with Crippen molar-refractivity contribution in [1.29, 1.82) is 0 Å². The highest BCUT2D eigenvalue weighted by Crippen LogP contribution is 2.27. The third kappa shape index (κ3) is 8.45. The maximum Gasteiger partial charge on any atom is 0.314 e. The number of nitrogens with zero attached hydrogens (tertiary/aromatic N) is 2. The van der Waals surface area contributed by atoms with Crippen molar-refractivity contribution in [2.24, 2.45) is 5.73 Å². The van der Waals surface area contributed by atoms with E-state index in [9.17, 15) is 9.59 Å². The SMILES string of the molecule is CN(C)CCc1cccc(NC(=O)CCc2c[nH]c3ccccc23)c1.NC(=O)N1CCC(c2ccccc2)CC1. The Morgan fingerprint density at radius 3 is 2.40 bits per heavy atom. The van der Waals surface area contributed by atoms with E-state index in [1.165, 1.54) is 22.1 Å². The first-order valence-corrected chi connectivity index (χ1v) is 14.1. The Balaban J connectivity index is 0.000000210. The number of aromatic nitrogens is 1. The molecule has 5 rings (SSSR count). The van der Waals surface area contributed by atoms with Crippen molar-refractivity contribution >= 4 is 28.5 Å². The van der Waals surface area contributed by atoms with Crippen LogP contribution in [0.4, 0.5) is 10.5 Å². The fourth-order valence-corrected chi connectivity index (χ4v) is 5.13. The van der Waals surface area contributed by atoms with Gasteiger partial charge < -0.3 is 25.8 Å². The molecule has 0 spiro atoms. The molecule has 4 aromatic rings. The Hall–Kier alpha value is -4.10. The minimum atomic E-state index is -0.290. The maximum absolute atomic E-state index is 12.3. The molecule has 0 saturated carbocycles. The molecule has 3 amide bonds. The highest BCUT2D eigenvalue weighted by Gasteiger charge is 2.21. The van der Waals surface area contributed by atoms with Crippen LogP contribution in [-0.4, -0.2) is 60.5 Å². The number of aromatic amines is 1. The predicted octanol–water partition coefficient (Wildman–Crippen LogP) is 5.79. The van der Waals surface area contributed by atoms with Crippen LogP contribution in [0.15, 0.2) is 85.1 Å². The van der Waals surface area contributed by atoms with Gasteiger partial charge in [0, 0.05) is 48.8 Å². The average Bonchev–Trinajstić information content (AvgIpc) is 3.39. The first-order chi connectivity index (χ1) is 19.4. The molecule has 0 bridgehead atoms. The summed E-state index contributed by atoms with van der Waals surface area (Å²) in [7, 11) is 4.13. The molecular weight excluding hydrogens is 498 g/mol. The number of carbonyl (C=O) groups is 2. The van der Waals surface area contributed by atoms with E-state index < -0.39 is 0 Å². The largest absolute Gasteiger partial charge is 0.361 e. The van der Waals surface area contributed by atoms with Gasteiger partial charge in [0.2, 0.25) is 5.91 Å². The molecule has 210 valence electrons. The minimum absolute atomic E-state index is 0.0510. The Morgan fingerprint density at radius 1 is 0.950 bits per heavy atom. The third-order valence-corrected chi connectivity index (χ3v) is 7.43. The number of nitrogens with two attached hydrogens (primary N) is 1. The number of likely N-dealkylation sites (N-methyl/N-ethyl adjacent to an activating group) is 1. The Bertz CT molecular complexity index is 1370. The van der Waals surface area contributed by atoms with Gasteiger partial charge in [0.15, 0.2) is 0 Å². The molecule has 2 heterocycles. The van der Waals surface area contributed by atoms with Crippen LogP contribution >= 0.6 is 0 Å². The lowest BCUT2D eigenvalue weighted by atomic mass is 9.90. The summed E-state index contributed by atoms with van der Waals surface area (Å²) in [5.74, 6) is 0.636. The second kappa shape index (κ2) is 14.3. The molecule has 0 atom stereocenters. The number of urea groups is 1. The zero-order valence-corrected chi connectivity index (χ0v) is 23.6. The second-order valence-electron chi connectivity index (χ2n) is 10.7. The topological polar surface area (TPSA) is 94.5 Å². The van der Waals surface area contributed by atoms with Crippen LogP contribution in [0.1, 0.15) is 41.9 Å². The van der Waals surface area contributed by atoms with Crippen LogP contribution in [0.3, 0.4) is 0 Å². The standard InChI is InChI=1S/C21H25N3O.C12H16N2O/c1-24(2)13-12-16-6-5-7-18(14-16)23-21(25)11-10-17-15-22-20-9-4-3-8-19(17)20;13-12(15)14-8-6-11(7-9-14)10-4-2-1-3-5-10/h3-9,14-15,22H,10-13H2,1-2H3,(H,23,25);1-5,11H,6-9H2,(H2,13,15). The van der Waals surface area contributed by atoms with Crippen molar-refractivity contribution in [3.8, 4) is 0 Å². The number of para-hydroxylation sites is 1. The van der Waals surface area contributed by atoms with Crippen LogP contribution in [0.5, 0.6) is 0 Å². The molecule has 40 heavy (non-hydrogen) atoms. The smallest absolute Gasteiger partial charge is 0.314 e. The van der Waals surface area contributed by atoms with E-state index in [1.54, 1.807) is 4.90 Å². The number of nitrogens with one attached hydrogen (secondary N) is 2. The second-order valence-corrected chi connectivity index (χ2v) is 10.7. The van der Waals surface area contributed by atoms with Gasteiger partial charge >= 0.3 is 6.03 Å². The quantitative estimate of drug-likeness (QED) is 0.265. The normalized spacial score (nSPS) is 13.6. The molecule has 0 radical (unpaired) electrons. The molecular formula is C33H41N5O2. The molecule has 3 aromatic carbocycles. The lowest BCUT2D eigenvalue weighted by molar-refractivity contribution is -0.116. The van der Waals surface area contributed by atoms with Crippen LogP contribution in [-0.2, 0) is 17.6 Å². The van der Waals surface area contributed by atoms with Gasteiger partial charge in [-0.1, -0.05) is 60.7 Å². The van der Waals surface area contributed by atoms with E-state index in [2.05, 4.69) is 77.8 Å². The van der Waals surface area contributed by atoms with Gasteiger partial charge in [0.05, 0.1) is 0 Å². The summed E-state index contributed by atoms with van der Waals surface area (Å²) in [5, 5.41) is 4.21. The summed E-state index contributed by atoms with van der Waals surface area (Å²) < 4.78 is 0. The lowest BCUT2D eigenvalue weighted by Crippen LogP contribution is -2.41. The summed E-state index contributed by atoms with van der Waals surface area (Å²) in [4.78, 5) is 30.4. The zero-order valence-electron chi connectivity index (χ0n) is 23.6. The van der Waals surface area contributed by atoms with Gasteiger partial charge in [-0.3, -0.25) is 4.79 Å². The van der Waals surface area contributed by atoms with Gasteiger partial charge in [0.1, 0.15) is 0 Å². The van der Waals surface area contributed by atoms with Crippen molar-refractivity contribution in [1.82, 2.24) is 14.8 Å². The Morgan fingerprint density at radius 2 is 1.68 bits per heavy atom. The van der Waals surface area contributed by atoms with Crippen molar-refractivity contribution in [3.63, 3.8) is 0 Å². The van der Waals surface area contributed by atoms with E-state index in [-0.39, 0.29) is 11.9 Å². The molecule has 1 aromatic heterocycles. The predicted molar refractivity (Wildman–Crippen MR) is 164 cm³/mol. The summed E-state index contributed by atoms with van der Waals surface area (Å²) in [6, 6.07) is 26.5. The van der Waals surface area contributed by atoms with Crippen LogP contribution in [0.2, 0.25) is 0 Å². The van der Waals surface area contributed by atoms with Gasteiger partial charge in [-0.2, -0.15) is 0 Å². The number of amides is 3. The number of likely N-dealkylation sites (tertiary alicyclic amines) is 1. The highest BCUT2D eigenvalue weighted by atomic mass is 16.2. The molecule has 7 nitrogen and oxygen atoms in total. The number of anilines is 1. The minimum Gasteiger partial charge on any atom is -0.361 e. The molecule has 7 heteroatoms. The third-order valence-electron chi connectivity index (χ3n) is 7.43. The van der Waals surface area contributed by atoms with Crippen molar-refractivity contribution in [2.75, 3.05) is 39.0 Å². The number of aryl methyl sites for hydroxylation is 1. The van der Waals surface area contributed by atoms with Crippen LogP contribution < -0.4 is 11.1 Å². The summed E-state index contributed by atoms with van der Waals surface area (Å²) in [6.45, 7) is 2.57. The van der Waals surface area contributed by atoms with E-state index in [0.29, 0.717) is 12.3 Å². The Labute approximate surface area is 237 Å². The number of primary amides is 1. The number of carbonyl (C=O) groups excluding carboxylic acids is 2. The first kappa shape index (κ1) is 28.9. The van der Waals surface area contributed by atoms with Crippen molar-refractivity contribution in [3.05, 3.63) is 102 Å². The number of benzene rings is 3. The van der Waals surface area contributed by atoms with Gasteiger partial charge in [-0.15, -0.1) is 0 Å². The zero-order chi connectivity index (χ0) is 28.3. The van der Waals surface area contributed by atoms with Gasteiger partial charge in [-0.25, -0.2) is 4.79 Å². The molecule has 1 saturated heterocycles. The fourth-order valence-electron chi connectivity index (χ4n) is 5.13. The number of piperidine rings is 1. The maximum atomic E-state index is 12.3. The molecule has 1 aliphatic heterocycles. The molecule has 4 N–H and O–H groups in total. The highest BCUT2D eigenvalue weighted by molar-refractivity contribution is 5.91. The summed E-state index contributed by atoms with van der Waals surface area (Å²) in [5.41, 5.74) is 11.0. The van der Waals surface area contributed by atoms with E-state index in [1.807, 2.05) is 36.5 Å². The van der Waals surface area contributed by atoms with E-state index in [0.717, 1.165) is 56.5 Å². The number of rotatable bonds is 8. The molecule has 0 aliphatic carbocycles. The van der Waals surface area contributed by atoms with E-state index in [4.69, 9.17) is 5.73 Å². The lowest BCUT2D eigenvalue weighted by Gasteiger charge is -2.30. The first-order valence-electron chi connectivity index (χ1n) is 14.1. The van der Waals surface area contributed by atoms with Crippen molar-refractivity contribution < 1.29 is 9.59 Å². The fraction of sp³-hybridized carbons (Fsp3) is 0.333. The number of fused-ring (bicyclic) bond motifs is 1. The average molecular weight is 540 g/mol. The van der Waals surface area contributed by atoms with Crippen LogP contribution in [0.25, 0.3) is 10.9 Å². The molecule has 0 unspecified atom stereocenters. The summed E-state index contributed by atoms with van der Waals surface area (Å²) >= 11 is 0. The van der Waals surface area contributed by atoms with E-state index >= 15 is 0 Å². The monoisotopic (exact) mass is 539 g/mol.